The van der Waals surface area contributed by atoms with Gasteiger partial charge in [-0.2, -0.15) is 0 Å². The number of rotatable bonds is 1. The number of likely N-dealkylation sites (tertiary alicyclic amines) is 1. The first kappa shape index (κ1) is 9.05. The van der Waals surface area contributed by atoms with E-state index in [1.54, 1.807) is 0 Å². The van der Waals surface area contributed by atoms with Gasteiger partial charge < -0.3 is 4.48 Å². The van der Waals surface area contributed by atoms with Crippen LogP contribution < -0.4 is 0 Å². The van der Waals surface area contributed by atoms with Gasteiger partial charge in [0.05, 0.1) is 26.7 Å². The van der Waals surface area contributed by atoms with Crippen molar-refractivity contribution in [1.29, 1.82) is 0 Å². The van der Waals surface area contributed by atoms with Crippen LogP contribution in [0.2, 0.25) is 0 Å². The van der Waals surface area contributed by atoms with Crippen LogP contribution in [0.4, 0.5) is 0 Å². The van der Waals surface area contributed by atoms with Gasteiger partial charge in [-0.05, 0) is 32.6 Å². The summed E-state index contributed by atoms with van der Waals surface area (Å²) in [4.78, 5) is 0. The second-order valence-electron chi connectivity index (χ2n) is 4.15. The van der Waals surface area contributed by atoms with Crippen LogP contribution in [0, 0.1) is 0 Å². The highest BCUT2D eigenvalue weighted by Gasteiger charge is 2.19. The minimum absolute atomic E-state index is 1.32. The van der Waals surface area contributed by atoms with E-state index in [0.717, 1.165) is 0 Å². The van der Waals surface area contributed by atoms with Gasteiger partial charge in [-0.25, -0.2) is 0 Å². The number of hydrogen-bond acceptors (Lipinski definition) is 0. The van der Waals surface area contributed by atoms with E-state index < -0.39 is 0 Å². The van der Waals surface area contributed by atoms with E-state index in [0.29, 0.717) is 0 Å². The van der Waals surface area contributed by atoms with Crippen LogP contribution in [-0.2, 0) is 0 Å². The lowest BCUT2D eigenvalue weighted by molar-refractivity contribution is -0.908. The van der Waals surface area contributed by atoms with Crippen molar-refractivity contribution < 1.29 is 4.48 Å². The van der Waals surface area contributed by atoms with E-state index in [-0.39, 0.29) is 0 Å². The van der Waals surface area contributed by atoms with Gasteiger partial charge in [0.1, 0.15) is 0 Å². The molecule has 0 aromatic carbocycles. The molecule has 0 aliphatic carbocycles. The Morgan fingerprint density at radius 2 is 1.36 bits per heavy atom. The molecule has 11 heavy (non-hydrogen) atoms. The second-order valence-corrected chi connectivity index (χ2v) is 4.15. The first-order valence-corrected chi connectivity index (χ1v) is 5.10. The lowest BCUT2D eigenvalue weighted by Gasteiger charge is -2.34. The maximum absolute atomic E-state index is 2.41. The van der Waals surface area contributed by atoms with Crippen LogP contribution in [0.5, 0.6) is 0 Å². The topological polar surface area (TPSA) is 0 Å². The van der Waals surface area contributed by atoms with Crippen LogP contribution in [0.1, 0.15) is 39.0 Å². The molecule has 0 aromatic rings. The predicted molar refractivity (Wildman–Crippen MR) is 49.5 cm³/mol. The molecule has 0 bridgehead atoms. The minimum atomic E-state index is 1.32. The lowest BCUT2D eigenvalue weighted by atomic mass is 10.1. The molecule has 66 valence electrons. The lowest BCUT2D eigenvalue weighted by Crippen LogP contribution is -2.45. The molecule has 1 aliphatic rings. The molecule has 1 saturated heterocycles. The summed E-state index contributed by atoms with van der Waals surface area (Å²) in [5.74, 6) is 0. The molecule has 1 nitrogen and oxygen atoms in total. The van der Waals surface area contributed by atoms with Crippen LogP contribution in [0.3, 0.4) is 0 Å². The van der Waals surface area contributed by atoms with E-state index in [1.807, 2.05) is 0 Å². The molecule has 0 radical (unpaired) electrons. The molecule has 1 fully saturated rings. The molecule has 0 aromatic heterocycles. The Bertz CT molecular complexity index is 101. The summed E-state index contributed by atoms with van der Waals surface area (Å²) in [6.07, 6.45) is 7.31. The zero-order valence-corrected chi connectivity index (χ0v) is 8.10. The monoisotopic (exact) mass is 156 g/mol. The first-order valence-electron chi connectivity index (χ1n) is 5.10. The second kappa shape index (κ2) is 4.10. The minimum Gasteiger partial charge on any atom is -0.326 e. The summed E-state index contributed by atoms with van der Waals surface area (Å²) in [5, 5.41) is 0. The Labute approximate surface area is 71.0 Å². The summed E-state index contributed by atoms with van der Waals surface area (Å²) in [7, 11) is 2.41. The fourth-order valence-corrected chi connectivity index (χ4v) is 1.95. The highest BCUT2D eigenvalue weighted by Crippen LogP contribution is 2.15. The summed E-state index contributed by atoms with van der Waals surface area (Å²) >= 11 is 0. The van der Waals surface area contributed by atoms with Crippen molar-refractivity contribution in [3.8, 4) is 0 Å². The fraction of sp³-hybridized carbons (Fsp3) is 1.00. The Morgan fingerprint density at radius 3 is 1.82 bits per heavy atom. The van der Waals surface area contributed by atoms with Gasteiger partial charge in [0.2, 0.25) is 0 Å². The standard InChI is InChI=1S/C10H22N/c1-3-11(2)9-7-5-4-6-8-10-11/h3-10H2,1-2H3/q+1. The average Bonchev–Trinajstić information content (AvgIpc) is 1.98. The molecule has 0 N–H and O–H groups in total. The molecule has 0 saturated carbocycles. The van der Waals surface area contributed by atoms with Gasteiger partial charge in [-0.15, -0.1) is 0 Å². The third-order valence-electron chi connectivity index (χ3n) is 3.16. The molecule has 0 amide bonds. The third-order valence-corrected chi connectivity index (χ3v) is 3.16. The highest BCUT2D eigenvalue weighted by molar-refractivity contribution is 4.50. The number of nitrogens with zero attached hydrogens (tertiary/aromatic N) is 1. The van der Waals surface area contributed by atoms with E-state index in [4.69, 9.17) is 0 Å². The van der Waals surface area contributed by atoms with Crippen LogP contribution in [-0.4, -0.2) is 31.2 Å². The Kier molecular flexibility index (Phi) is 3.38. The zero-order chi connectivity index (χ0) is 8.16. The Balaban J connectivity index is 2.37. The van der Waals surface area contributed by atoms with Crippen molar-refractivity contribution in [3.05, 3.63) is 0 Å². The van der Waals surface area contributed by atoms with Crippen molar-refractivity contribution in [1.82, 2.24) is 0 Å². The predicted octanol–water partition coefficient (Wildman–Crippen LogP) is 2.42. The van der Waals surface area contributed by atoms with Crippen LogP contribution in [0.25, 0.3) is 0 Å². The van der Waals surface area contributed by atoms with Crippen molar-refractivity contribution in [2.24, 2.45) is 0 Å². The molecular weight excluding hydrogens is 134 g/mol. The molecule has 0 atom stereocenters. The molecule has 1 heterocycles. The van der Waals surface area contributed by atoms with E-state index in [1.165, 1.54) is 56.2 Å². The van der Waals surface area contributed by atoms with E-state index in [2.05, 4.69) is 14.0 Å². The van der Waals surface area contributed by atoms with Crippen LogP contribution >= 0.6 is 0 Å². The normalized spacial score (nSPS) is 25.6. The Hall–Kier alpha value is -0.0400. The van der Waals surface area contributed by atoms with E-state index in [9.17, 15) is 0 Å². The molecule has 1 rings (SSSR count). The van der Waals surface area contributed by atoms with E-state index >= 15 is 0 Å². The summed E-state index contributed by atoms with van der Waals surface area (Å²) in [6, 6.07) is 0. The zero-order valence-electron chi connectivity index (χ0n) is 8.10. The smallest absolute Gasteiger partial charge is 0.0784 e. The van der Waals surface area contributed by atoms with Gasteiger partial charge in [-0.3, -0.25) is 0 Å². The quantitative estimate of drug-likeness (QED) is 0.511. The third kappa shape index (κ3) is 2.82. The van der Waals surface area contributed by atoms with Gasteiger partial charge in [0.25, 0.3) is 0 Å². The average molecular weight is 156 g/mol. The maximum Gasteiger partial charge on any atom is 0.0784 e. The van der Waals surface area contributed by atoms with Crippen molar-refractivity contribution in [3.63, 3.8) is 0 Å². The maximum atomic E-state index is 2.41. The first-order chi connectivity index (χ1) is 5.27. The molecule has 0 unspecified atom stereocenters. The van der Waals surface area contributed by atoms with Gasteiger partial charge in [-0.1, -0.05) is 6.42 Å². The summed E-state index contributed by atoms with van der Waals surface area (Å²) in [6.45, 7) is 6.47. The summed E-state index contributed by atoms with van der Waals surface area (Å²) in [5.41, 5.74) is 0. The highest BCUT2D eigenvalue weighted by atomic mass is 15.3. The molecule has 1 heteroatoms. The van der Waals surface area contributed by atoms with Crippen molar-refractivity contribution in [2.75, 3.05) is 26.7 Å². The van der Waals surface area contributed by atoms with Crippen molar-refractivity contribution in [2.45, 2.75) is 39.0 Å². The SMILES string of the molecule is CC[N+]1(C)CCCCCCC1. The Morgan fingerprint density at radius 1 is 0.909 bits per heavy atom. The van der Waals surface area contributed by atoms with Crippen molar-refractivity contribution >= 4 is 0 Å². The number of hydrogen-bond donors (Lipinski definition) is 0. The van der Waals surface area contributed by atoms with Crippen LogP contribution in [0.15, 0.2) is 0 Å². The summed E-state index contributed by atoms with van der Waals surface area (Å²) < 4.78 is 1.32. The van der Waals surface area contributed by atoms with Gasteiger partial charge in [0, 0.05) is 0 Å². The molecule has 1 aliphatic heterocycles. The van der Waals surface area contributed by atoms with Gasteiger partial charge in [0.15, 0.2) is 0 Å². The van der Waals surface area contributed by atoms with Gasteiger partial charge >= 0.3 is 0 Å². The molecular formula is C10H22N+. The largest absolute Gasteiger partial charge is 0.326 e. The number of quaternary nitrogens is 1. The molecule has 0 spiro atoms. The fourth-order valence-electron chi connectivity index (χ4n) is 1.95.